The zero-order valence-corrected chi connectivity index (χ0v) is 22.5. The van der Waals surface area contributed by atoms with Crippen LogP contribution in [0.25, 0.3) is 33.9 Å². The standard InChI is InChI=1S/C28H20F6N8O2/c29-17-8-13(9-36-21(17)24-39-18(28(32,33)34)10-42(24)15-5-6-15)11-43-25-16-2-1-7-35-22(16)40-23(41-25)19-20(14-3-4-14)37-12-38-26(19)44-27(30)31/h1-2,7-10,12,14-15,27H,3-6,11H2. The van der Waals surface area contributed by atoms with Crippen LogP contribution in [0.5, 0.6) is 11.8 Å². The van der Waals surface area contributed by atoms with E-state index < -0.39 is 30.2 Å². The Labute approximate surface area is 244 Å². The zero-order chi connectivity index (χ0) is 30.6. The van der Waals surface area contributed by atoms with Gasteiger partial charge in [0.1, 0.15) is 24.2 Å². The number of halogens is 6. The number of pyridine rings is 2. The molecular formula is C28H20F6N8O2. The first-order valence-corrected chi connectivity index (χ1v) is 13.5. The van der Waals surface area contributed by atoms with Crippen molar-refractivity contribution in [1.82, 2.24) is 39.5 Å². The van der Waals surface area contributed by atoms with Crippen molar-refractivity contribution in [3.05, 3.63) is 65.9 Å². The molecule has 5 aromatic rings. The van der Waals surface area contributed by atoms with E-state index in [1.165, 1.54) is 17.0 Å². The summed E-state index contributed by atoms with van der Waals surface area (Å²) in [5.74, 6) is -1.52. The van der Waals surface area contributed by atoms with Crippen LogP contribution in [0.4, 0.5) is 26.3 Å². The third-order valence-electron chi connectivity index (χ3n) is 7.11. The third-order valence-corrected chi connectivity index (χ3v) is 7.11. The average molecular weight is 615 g/mol. The Bertz CT molecular complexity index is 1870. The molecule has 0 bridgehead atoms. The number of rotatable bonds is 9. The highest BCUT2D eigenvalue weighted by Crippen LogP contribution is 2.46. The molecule has 0 aliphatic heterocycles. The van der Waals surface area contributed by atoms with E-state index >= 15 is 4.39 Å². The summed E-state index contributed by atoms with van der Waals surface area (Å²) in [6, 6.07) is 4.15. The molecule has 2 saturated carbocycles. The molecular weight excluding hydrogens is 594 g/mol. The van der Waals surface area contributed by atoms with Gasteiger partial charge in [-0.3, -0.25) is 0 Å². The van der Waals surface area contributed by atoms with Gasteiger partial charge in [-0.15, -0.1) is 0 Å². The van der Waals surface area contributed by atoms with Crippen LogP contribution in [-0.2, 0) is 12.8 Å². The molecule has 226 valence electrons. The van der Waals surface area contributed by atoms with Gasteiger partial charge < -0.3 is 14.0 Å². The predicted octanol–water partition coefficient (Wildman–Crippen LogP) is 6.29. The summed E-state index contributed by atoms with van der Waals surface area (Å²) in [6.45, 7) is -3.41. The number of imidazole rings is 1. The van der Waals surface area contributed by atoms with Crippen molar-refractivity contribution in [2.24, 2.45) is 0 Å². The Hall–Kier alpha value is -4.89. The van der Waals surface area contributed by atoms with Gasteiger partial charge in [-0.25, -0.2) is 34.3 Å². The highest BCUT2D eigenvalue weighted by atomic mass is 19.4. The molecule has 0 spiro atoms. The van der Waals surface area contributed by atoms with Crippen LogP contribution < -0.4 is 9.47 Å². The highest BCUT2D eigenvalue weighted by Gasteiger charge is 2.38. The van der Waals surface area contributed by atoms with Crippen LogP contribution >= 0.6 is 0 Å². The molecule has 5 heterocycles. The molecule has 16 heteroatoms. The quantitative estimate of drug-likeness (QED) is 0.177. The second kappa shape index (κ2) is 10.7. The first-order valence-electron chi connectivity index (χ1n) is 13.5. The van der Waals surface area contributed by atoms with Crippen molar-refractivity contribution >= 4 is 11.0 Å². The largest absolute Gasteiger partial charge is 0.472 e. The lowest BCUT2D eigenvalue weighted by atomic mass is 10.1. The lowest BCUT2D eigenvalue weighted by Gasteiger charge is -2.14. The number of alkyl halides is 5. The molecule has 2 aliphatic carbocycles. The molecule has 0 aromatic carbocycles. The minimum Gasteiger partial charge on any atom is -0.472 e. The molecule has 0 saturated heterocycles. The van der Waals surface area contributed by atoms with E-state index in [0.717, 1.165) is 31.4 Å². The Morgan fingerprint density at radius 3 is 2.50 bits per heavy atom. The van der Waals surface area contributed by atoms with Gasteiger partial charge in [0.25, 0.3) is 0 Å². The topological polar surface area (TPSA) is 114 Å². The highest BCUT2D eigenvalue weighted by molar-refractivity contribution is 5.83. The van der Waals surface area contributed by atoms with Gasteiger partial charge in [0.05, 0.1) is 11.1 Å². The smallest absolute Gasteiger partial charge is 0.434 e. The van der Waals surface area contributed by atoms with Crippen molar-refractivity contribution in [2.45, 2.75) is 57.0 Å². The zero-order valence-electron chi connectivity index (χ0n) is 22.5. The van der Waals surface area contributed by atoms with Gasteiger partial charge in [-0.2, -0.15) is 26.9 Å². The molecule has 0 N–H and O–H groups in total. The summed E-state index contributed by atoms with van der Waals surface area (Å²) >= 11 is 0. The van der Waals surface area contributed by atoms with Gasteiger partial charge in [0.2, 0.25) is 11.8 Å². The molecule has 44 heavy (non-hydrogen) atoms. The fourth-order valence-electron chi connectivity index (χ4n) is 4.80. The normalized spacial score (nSPS) is 15.2. The van der Waals surface area contributed by atoms with Crippen LogP contribution in [0, 0.1) is 5.82 Å². The van der Waals surface area contributed by atoms with Crippen molar-refractivity contribution in [3.8, 4) is 34.7 Å². The molecule has 0 radical (unpaired) electrons. The van der Waals surface area contributed by atoms with Gasteiger partial charge in [0.15, 0.2) is 28.8 Å². The van der Waals surface area contributed by atoms with Crippen LogP contribution in [-0.4, -0.2) is 46.1 Å². The Kier molecular flexibility index (Phi) is 6.77. The van der Waals surface area contributed by atoms with E-state index in [0.29, 0.717) is 23.9 Å². The molecule has 2 fully saturated rings. The van der Waals surface area contributed by atoms with E-state index in [9.17, 15) is 22.0 Å². The number of ether oxygens (including phenoxy) is 2. The molecule has 0 atom stereocenters. The van der Waals surface area contributed by atoms with Gasteiger partial charge in [-0.05, 0) is 43.9 Å². The second-order valence-corrected chi connectivity index (χ2v) is 10.4. The van der Waals surface area contributed by atoms with Crippen molar-refractivity contribution in [2.75, 3.05) is 0 Å². The second-order valence-electron chi connectivity index (χ2n) is 10.4. The van der Waals surface area contributed by atoms with Crippen molar-refractivity contribution in [3.63, 3.8) is 0 Å². The van der Waals surface area contributed by atoms with E-state index in [4.69, 9.17) is 4.74 Å². The maximum Gasteiger partial charge on any atom is 0.434 e. The van der Waals surface area contributed by atoms with E-state index in [1.54, 1.807) is 12.1 Å². The summed E-state index contributed by atoms with van der Waals surface area (Å²) in [4.78, 5) is 29.0. The molecule has 5 aromatic heterocycles. The Morgan fingerprint density at radius 1 is 0.977 bits per heavy atom. The Morgan fingerprint density at radius 2 is 1.80 bits per heavy atom. The average Bonchev–Trinajstić information content (AvgIpc) is 3.93. The van der Waals surface area contributed by atoms with Gasteiger partial charge in [-0.1, -0.05) is 0 Å². The van der Waals surface area contributed by atoms with E-state index in [2.05, 4.69) is 39.6 Å². The maximum atomic E-state index is 15.3. The molecule has 0 amide bonds. The predicted molar refractivity (Wildman–Crippen MR) is 140 cm³/mol. The monoisotopic (exact) mass is 614 g/mol. The van der Waals surface area contributed by atoms with Gasteiger partial charge >= 0.3 is 12.8 Å². The SMILES string of the molecule is Fc1cc(COc2nc(-c3c(OC(F)F)ncnc3C3CC3)nc3ncccc23)cnc1-c1nc(C(F)(F)F)cn1C1CC1. The van der Waals surface area contributed by atoms with Crippen LogP contribution in [0.3, 0.4) is 0 Å². The Balaban J connectivity index is 1.22. The summed E-state index contributed by atoms with van der Waals surface area (Å²) in [5.41, 5.74) is -0.464. The van der Waals surface area contributed by atoms with Gasteiger partial charge in [0, 0.05) is 36.1 Å². The minimum absolute atomic E-state index is 0.00398. The van der Waals surface area contributed by atoms with Crippen molar-refractivity contribution in [1.29, 1.82) is 0 Å². The van der Waals surface area contributed by atoms with E-state index in [-0.39, 0.29) is 58.6 Å². The minimum atomic E-state index is -4.69. The molecule has 7 rings (SSSR count). The summed E-state index contributed by atoms with van der Waals surface area (Å²) in [5, 5.41) is 0.383. The summed E-state index contributed by atoms with van der Waals surface area (Å²) in [7, 11) is 0. The molecule has 2 aliphatic rings. The molecule has 10 nitrogen and oxygen atoms in total. The van der Waals surface area contributed by atoms with E-state index in [1.807, 2.05) is 0 Å². The number of hydrogen-bond acceptors (Lipinski definition) is 9. The fourth-order valence-corrected chi connectivity index (χ4v) is 4.80. The number of fused-ring (bicyclic) bond motifs is 1. The molecule has 0 unspecified atom stereocenters. The lowest BCUT2D eigenvalue weighted by molar-refractivity contribution is -0.140. The number of aromatic nitrogens is 8. The number of nitrogens with zero attached hydrogens (tertiary/aromatic N) is 8. The summed E-state index contributed by atoms with van der Waals surface area (Å²) < 4.78 is 93.6. The number of hydrogen-bond donors (Lipinski definition) is 0. The first kappa shape index (κ1) is 27.9. The van der Waals surface area contributed by atoms with Crippen LogP contribution in [0.15, 0.2) is 43.1 Å². The maximum absolute atomic E-state index is 15.3. The third kappa shape index (κ3) is 5.46. The van der Waals surface area contributed by atoms with Crippen molar-refractivity contribution < 1.29 is 35.8 Å². The summed E-state index contributed by atoms with van der Waals surface area (Å²) in [6.07, 6.45) is 2.97. The fraction of sp³-hybridized carbons (Fsp3) is 0.321. The lowest BCUT2D eigenvalue weighted by Crippen LogP contribution is -2.09. The van der Waals surface area contributed by atoms with Crippen LogP contribution in [0.1, 0.15) is 54.6 Å². The first-order chi connectivity index (χ1) is 21.2. The van der Waals surface area contributed by atoms with Crippen LogP contribution in [0.2, 0.25) is 0 Å².